The van der Waals surface area contributed by atoms with Crippen molar-refractivity contribution < 1.29 is 9.53 Å². The summed E-state index contributed by atoms with van der Waals surface area (Å²) in [4.78, 5) is 11.2. The van der Waals surface area contributed by atoms with E-state index in [1.807, 2.05) is 31.2 Å². The SMILES string of the molecule is CCNCc1cccc(OCC(=O)NCC)c1.Cl. The molecule has 0 aliphatic carbocycles. The number of likely N-dealkylation sites (N-methyl/N-ethyl adjacent to an activating group) is 1. The van der Waals surface area contributed by atoms with Crippen molar-refractivity contribution in [1.29, 1.82) is 0 Å². The maximum atomic E-state index is 11.2. The lowest BCUT2D eigenvalue weighted by atomic mass is 10.2. The second-order valence-electron chi connectivity index (χ2n) is 3.67. The Balaban J connectivity index is 0.00000289. The summed E-state index contributed by atoms with van der Waals surface area (Å²) in [5, 5.41) is 5.93. The summed E-state index contributed by atoms with van der Waals surface area (Å²) in [6.07, 6.45) is 0. The molecule has 4 nitrogen and oxygen atoms in total. The van der Waals surface area contributed by atoms with Gasteiger partial charge in [-0.1, -0.05) is 19.1 Å². The zero-order chi connectivity index (χ0) is 12.5. The molecule has 0 radical (unpaired) electrons. The largest absolute Gasteiger partial charge is 0.484 e. The first kappa shape index (κ1) is 16.7. The number of amides is 1. The predicted octanol–water partition coefficient (Wildman–Crippen LogP) is 1.73. The Labute approximate surface area is 115 Å². The van der Waals surface area contributed by atoms with Gasteiger partial charge < -0.3 is 15.4 Å². The molecule has 0 atom stereocenters. The summed E-state index contributed by atoms with van der Waals surface area (Å²) in [5.41, 5.74) is 1.15. The molecule has 1 aromatic carbocycles. The van der Waals surface area contributed by atoms with Gasteiger partial charge in [0.25, 0.3) is 5.91 Å². The number of nitrogens with one attached hydrogen (secondary N) is 2. The van der Waals surface area contributed by atoms with Gasteiger partial charge in [-0.05, 0) is 31.2 Å². The van der Waals surface area contributed by atoms with Crippen LogP contribution in [0.3, 0.4) is 0 Å². The molecular weight excluding hydrogens is 252 g/mol. The van der Waals surface area contributed by atoms with Crippen molar-refractivity contribution in [3.63, 3.8) is 0 Å². The minimum Gasteiger partial charge on any atom is -0.484 e. The van der Waals surface area contributed by atoms with Crippen LogP contribution in [-0.2, 0) is 11.3 Å². The maximum absolute atomic E-state index is 11.2. The van der Waals surface area contributed by atoms with Crippen LogP contribution in [-0.4, -0.2) is 25.6 Å². The number of benzene rings is 1. The molecule has 0 fully saturated rings. The van der Waals surface area contributed by atoms with Crippen LogP contribution in [0.15, 0.2) is 24.3 Å². The van der Waals surface area contributed by atoms with Crippen molar-refractivity contribution in [2.75, 3.05) is 19.7 Å². The van der Waals surface area contributed by atoms with Gasteiger partial charge in [-0.15, -0.1) is 12.4 Å². The lowest BCUT2D eigenvalue weighted by molar-refractivity contribution is -0.122. The first-order valence-electron chi connectivity index (χ1n) is 5.95. The molecule has 0 aromatic heterocycles. The van der Waals surface area contributed by atoms with Crippen LogP contribution in [0.1, 0.15) is 19.4 Å². The summed E-state index contributed by atoms with van der Waals surface area (Å²) >= 11 is 0. The van der Waals surface area contributed by atoms with E-state index in [0.29, 0.717) is 6.54 Å². The van der Waals surface area contributed by atoms with E-state index in [9.17, 15) is 4.79 Å². The van der Waals surface area contributed by atoms with Crippen molar-refractivity contribution in [3.8, 4) is 5.75 Å². The molecule has 0 aliphatic heterocycles. The molecule has 0 saturated heterocycles. The third-order valence-corrected chi connectivity index (χ3v) is 2.22. The Kier molecular flexibility index (Phi) is 9.06. The van der Waals surface area contributed by atoms with E-state index in [1.54, 1.807) is 0 Å². The standard InChI is InChI=1S/C13H20N2O2.ClH/c1-3-14-9-11-6-5-7-12(8-11)17-10-13(16)15-4-2;/h5-8,14H,3-4,9-10H2,1-2H3,(H,15,16);1H. The van der Waals surface area contributed by atoms with Crippen LogP contribution in [0, 0.1) is 0 Å². The number of carbonyl (C=O) groups excluding carboxylic acids is 1. The van der Waals surface area contributed by atoms with Crippen LogP contribution >= 0.6 is 12.4 Å². The van der Waals surface area contributed by atoms with Crippen LogP contribution in [0.2, 0.25) is 0 Å². The monoisotopic (exact) mass is 272 g/mol. The fourth-order valence-electron chi connectivity index (χ4n) is 1.41. The van der Waals surface area contributed by atoms with E-state index in [4.69, 9.17) is 4.74 Å². The minimum atomic E-state index is -0.0930. The van der Waals surface area contributed by atoms with Crippen molar-refractivity contribution in [2.45, 2.75) is 20.4 Å². The molecule has 0 aliphatic rings. The molecular formula is C13H21ClN2O2. The summed E-state index contributed by atoms with van der Waals surface area (Å²) in [6, 6.07) is 7.76. The van der Waals surface area contributed by atoms with E-state index in [-0.39, 0.29) is 24.9 Å². The molecule has 0 unspecified atom stereocenters. The topological polar surface area (TPSA) is 50.4 Å². The first-order chi connectivity index (χ1) is 8.26. The van der Waals surface area contributed by atoms with Gasteiger partial charge >= 0.3 is 0 Å². The highest BCUT2D eigenvalue weighted by molar-refractivity contribution is 5.85. The van der Waals surface area contributed by atoms with Crippen LogP contribution in [0.5, 0.6) is 5.75 Å². The second-order valence-corrected chi connectivity index (χ2v) is 3.67. The van der Waals surface area contributed by atoms with Gasteiger partial charge in [0.2, 0.25) is 0 Å². The predicted molar refractivity (Wildman–Crippen MR) is 75.2 cm³/mol. The third-order valence-electron chi connectivity index (χ3n) is 2.22. The average molecular weight is 273 g/mol. The number of hydrogen-bond donors (Lipinski definition) is 2. The van der Waals surface area contributed by atoms with E-state index in [2.05, 4.69) is 17.6 Å². The highest BCUT2D eigenvalue weighted by Crippen LogP contribution is 2.12. The molecule has 1 aromatic rings. The smallest absolute Gasteiger partial charge is 0.257 e. The lowest BCUT2D eigenvalue weighted by Gasteiger charge is -2.08. The van der Waals surface area contributed by atoms with Gasteiger partial charge in [-0.3, -0.25) is 4.79 Å². The molecule has 5 heteroatoms. The van der Waals surface area contributed by atoms with Gasteiger partial charge in [0.05, 0.1) is 0 Å². The summed E-state index contributed by atoms with van der Waals surface area (Å²) in [7, 11) is 0. The van der Waals surface area contributed by atoms with Gasteiger partial charge in [0.1, 0.15) is 5.75 Å². The van der Waals surface area contributed by atoms with Gasteiger partial charge in [-0.25, -0.2) is 0 Å². The Hall–Kier alpha value is -1.26. The highest BCUT2D eigenvalue weighted by Gasteiger charge is 2.01. The summed E-state index contributed by atoms with van der Waals surface area (Å²) in [6.45, 7) is 6.39. The molecule has 0 bridgehead atoms. The Morgan fingerprint density at radius 1 is 1.28 bits per heavy atom. The lowest BCUT2D eigenvalue weighted by Crippen LogP contribution is -2.28. The van der Waals surface area contributed by atoms with Gasteiger partial charge in [-0.2, -0.15) is 0 Å². The summed E-state index contributed by atoms with van der Waals surface area (Å²) < 4.78 is 5.40. The van der Waals surface area contributed by atoms with E-state index in [0.717, 1.165) is 24.4 Å². The number of halogens is 1. The zero-order valence-corrected chi connectivity index (χ0v) is 11.7. The van der Waals surface area contributed by atoms with Gasteiger partial charge in [0.15, 0.2) is 6.61 Å². The average Bonchev–Trinajstić information content (AvgIpc) is 2.35. The van der Waals surface area contributed by atoms with E-state index >= 15 is 0 Å². The van der Waals surface area contributed by atoms with Crippen LogP contribution < -0.4 is 15.4 Å². The van der Waals surface area contributed by atoms with E-state index in [1.165, 1.54) is 0 Å². The molecule has 1 amide bonds. The highest BCUT2D eigenvalue weighted by atomic mass is 35.5. The van der Waals surface area contributed by atoms with Crippen LogP contribution in [0.25, 0.3) is 0 Å². The Morgan fingerprint density at radius 2 is 2.06 bits per heavy atom. The van der Waals surface area contributed by atoms with Crippen molar-refractivity contribution in [3.05, 3.63) is 29.8 Å². The molecule has 102 valence electrons. The molecule has 1 rings (SSSR count). The maximum Gasteiger partial charge on any atom is 0.257 e. The fourth-order valence-corrected chi connectivity index (χ4v) is 1.41. The van der Waals surface area contributed by atoms with Crippen LogP contribution in [0.4, 0.5) is 0 Å². The molecule has 18 heavy (non-hydrogen) atoms. The normalized spacial score (nSPS) is 9.44. The Morgan fingerprint density at radius 3 is 2.72 bits per heavy atom. The Bertz CT molecular complexity index is 359. The molecule has 0 heterocycles. The number of carbonyl (C=O) groups is 1. The number of hydrogen-bond acceptors (Lipinski definition) is 3. The zero-order valence-electron chi connectivity index (χ0n) is 10.9. The van der Waals surface area contributed by atoms with Crippen molar-refractivity contribution in [1.82, 2.24) is 10.6 Å². The number of ether oxygens (including phenoxy) is 1. The van der Waals surface area contributed by atoms with Crippen molar-refractivity contribution >= 4 is 18.3 Å². The number of rotatable bonds is 7. The molecule has 0 saturated carbocycles. The quantitative estimate of drug-likeness (QED) is 0.795. The van der Waals surface area contributed by atoms with Crippen molar-refractivity contribution in [2.24, 2.45) is 0 Å². The third kappa shape index (κ3) is 6.47. The van der Waals surface area contributed by atoms with Gasteiger partial charge in [0, 0.05) is 13.1 Å². The van der Waals surface area contributed by atoms with E-state index < -0.39 is 0 Å². The molecule has 2 N–H and O–H groups in total. The first-order valence-corrected chi connectivity index (χ1v) is 5.95. The second kappa shape index (κ2) is 9.74. The minimum absolute atomic E-state index is 0. The fraction of sp³-hybridized carbons (Fsp3) is 0.462. The summed E-state index contributed by atoms with van der Waals surface area (Å²) in [5.74, 6) is 0.635. The molecule has 0 spiro atoms.